The molecule has 0 N–H and O–H groups in total. The maximum Gasteiger partial charge on any atom is 0.416 e. The maximum absolute atomic E-state index is 14.1. The van der Waals surface area contributed by atoms with Gasteiger partial charge in [-0.25, -0.2) is 4.39 Å². The van der Waals surface area contributed by atoms with Crippen LogP contribution in [0.1, 0.15) is 35.3 Å². The van der Waals surface area contributed by atoms with Crippen LogP contribution in [0.25, 0.3) is 0 Å². The van der Waals surface area contributed by atoms with E-state index in [1.54, 1.807) is 17.0 Å². The Morgan fingerprint density at radius 2 is 1.81 bits per heavy atom. The second kappa shape index (κ2) is 13.3. The summed E-state index contributed by atoms with van der Waals surface area (Å²) in [6.45, 7) is 8.72. The molecule has 0 aromatic heterocycles. The molecular weight excluding hydrogens is 554 g/mol. The molecule has 7 nitrogen and oxygen atoms in total. The Bertz CT molecular complexity index is 1320. The Hall–Kier alpha value is -3.33. The third kappa shape index (κ3) is 7.73. The summed E-state index contributed by atoms with van der Waals surface area (Å²) in [6.07, 6.45) is -4.29. The van der Waals surface area contributed by atoms with Gasteiger partial charge in [-0.2, -0.15) is 13.2 Å². The lowest BCUT2D eigenvalue weighted by atomic mass is 9.99. The minimum atomic E-state index is -4.64. The van der Waals surface area contributed by atoms with Gasteiger partial charge in [0.15, 0.2) is 11.6 Å². The Labute approximate surface area is 244 Å². The van der Waals surface area contributed by atoms with Crippen molar-refractivity contribution in [3.8, 4) is 23.3 Å². The summed E-state index contributed by atoms with van der Waals surface area (Å²) in [5, 5.41) is 0. The van der Waals surface area contributed by atoms with E-state index in [0.29, 0.717) is 52.4 Å². The number of hydrogen-bond donors (Lipinski definition) is 0. The topological polar surface area (TPSA) is 54.5 Å². The zero-order chi connectivity index (χ0) is 30.5. The summed E-state index contributed by atoms with van der Waals surface area (Å²) in [7, 11) is 2.63. The van der Waals surface area contributed by atoms with Crippen molar-refractivity contribution >= 4 is 5.91 Å². The molecule has 2 aliphatic rings. The highest BCUT2D eigenvalue weighted by Gasteiger charge is 2.35. The predicted molar refractivity (Wildman–Crippen MR) is 150 cm³/mol. The van der Waals surface area contributed by atoms with E-state index in [4.69, 9.17) is 14.2 Å². The molecule has 0 saturated carbocycles. The van der Waals surface area contributed by atoms with Gasteiger partial charge in [0.2, 0.25) is 0 Å². The highest BCUT2D eigenvalue weighted by molar-refractivity contribution is 5.95. The number of piperazine rings is 1. The number of methoxy groups -OCH3 is 2. The predicted octanol–water partition coefficient (Wildman–Crippen LogP) is 4.35. The highest BCUT2D eigenvalue weighted by atomic mass is 19.4. The fourth-order valence-electron chi connectivity index (χ4n) is 5.28. The highest BCUT2D eigenvalue weighted by Crippen LogP contribution is 2.33. The number of ether oxygens (including phenoxy) is 3. The van der Waals surface area contributed by atoms with E-state index in [1.807, 2.05) is 0 Å². The summed E-state index contributed by atoms with van der Waals surface area (Å²) in [5.41, 5.74) is -0.418. The van der Waals surface area contributed by atoms with Gasteiger partial charge in [0.1, 0.15) is 5.75 Å². The fourth-order valence-corrected chi connectivity index (χ4v) is 5.28. The number of alkyl halides is 3. The number of carbonyl (C=O) groups excluding carboxylic acids is 1. The first-order chi connectivity index (χ1) is 19.9. The van der Waals surface area contributed by atoms with Gasteiger partial charge in [-0.05, 0) is 56.2 Å². The van der Waals surface area contributed by atoms with Crippen LogP contribution in [-0.4, -0.2) is 98.9 Å². The lowest BCUT2D eigenvalue weighted by Gasteiger charge is -2.41. The van der Waals surface area contributed by atoms with Crippen molar-refractivity contribution in [1.29, 1.82) is 0 Å². The Morgan fingerprint density at radius 1 is 1.05 bits per heavy atom. The van der Waals surface area contributed by atoms with Crippen LogP contribution in [0.4, 0.5) is 17.6 Å². The van der Waals surface area contributed by atoms with Crippen molar-refractivity contribution in [2.24, 2.45) is 0 Å². The molecule has 1 atom stereocenters. The molecule has 2 saturated heterocycles. The standard InChI is InChI=1S/C31H37F4N3O4/c1-30(2)21-42-14-13-37(30)10-6-5-9-36-11-12-38(25(20-36)15-22-7-8-27(32)28(16-22)41-4)29(39)23-17-24(31(33,34)35)19-26(18-23)40-3/h7-8,16-19,25H,9-15,20-21H2,1-4H3/t25-/m1/s1. The molecule has 42 heavy (non-hydrogen) atoms. The monoisotopic (exact) mass is 591 g/mol. The normalized spacial score (nSPS) is 19.6. The fraction of sp³-hybridized carbons (Fsp3) is 0.516. The summed E-state index contributed by atoms with van der Waals surface area (Å²) >= 11 is 0. The van der Waals surface area contributed by atoms with Crippen LogP contribution in [-0.2, 0) is 17.3 Å². The first-order valence-corrected chi connectivity index (χ1v) is 13.8. The van der Waals surface area contributed by atoms with Gasteiger partial charge in [-0.15, -0.1) is 0 Å². The minimum Gasteiger partial charge on any atom is -0.497 e. The van der Waals surface area contributed by atoms with Gasteiger partial charge in [-0.1, -0.05) is 17.9 Å². The van der Waals surface area contributed by atoms with Crippen LogP contribution < -0.4 is 9.47 Å². The van der Waals surface area contributed by atoms with Crippen molar-refractivity contribution in [3.05, 3.63) is 58.9 Å². The number of carbonyl (C=O) groups is 1. The number of benzene rings is 2. The van der Waals surface area contributed by atoms with Crippen LogP contribution in [0.2, 0.25) is 0 Å². The van der Waals surface area contributed by atoms with E-state index < -0.39 is 29.5 Å². The summed E-state index contributed by atoms with van der Waals surface area (Å²) in [5.74, 6) is 5.50. The molecule has 2 aliphatic heterocycles. The molecule has 0 spiro atoms. The van der Waals surface area contributed by atoms with Gasteiger partial charge in [-0.3, -0.25) is 14.6 Å². The molecule has 2 fully saturated rings. The lowest BCUT2D eigenvalue weighted by Crippen LogP contribution is -2.56. The Kier molecular flexibility index (Phi) is 10.0. The van der Waals surface area contributed by atoms with E-state index in [0.717, 1.165) is 24.2 Å². The molecule has 0 bridgehead atoms. The van der Waals surface area contributed by atoms with Crippen molar-refractivity contribution in [2.75, 3.05) is 66.7 Å². The third-order valence-electron chi connectivity index (χ3n) is 7.75. The van der Waals surface area contributed by atoms with E-state index in [9.17, 15) is 22.4 Å². The molecule has 0 radical (unpaired) electrons. The van der Waals surface area contributed by atoms with Crippen LogP contribution in [0, 0.1) is 17.7 Å². The Morgan fingerprint density at radius 3 is 2.50 bits per heavy atom. The second-order valence-corrected chi connectivity index (χ2v) is 11.1. The number of hydrogen-bond acceptors (Lipinski definition) is 6. The molecule has 0 unspecified atom stereocenters. The van der Waals surface area contributed by atoms with E-state index >= 15 is 0 Å². The van der Waals surface area contributed by atoms with E-state index in [-0.39, 0.29) is 22.6 Å². The van der Waals surface area contributed by atoms with Crippen molar-refractivity contribution in [2.45, 2.75) is 38.0 Å². The maximum atomic E-state index is 14.1. The number of amides is 1. The Balaban J connectivity index is 1.54. The van der Waals surface area contributed by atoms with Crippen molar-refractivity contribution in [1.82, 2.24) is 14.7 Å². The van der Waals surface area contributed by atoms with Gasteiger partial charge in [0, 0.05) is 43.3 Å². The largest absolute Gasteiger partial charge is 0.497 e. The van der Waals surface area contributed by atoms with E-state index in [2.05, 4.69) is 35.5 Å². The molecule has 4 rings (SSSR count). The summed E-state index contributed by atoms with van der Waals surface area (Å²) in [4.78, 5) is 19.7. The van der Waals surface area contributed by atoms with Crippen LogP contribution in [0.5, 0.6) is 11.5 Å². The van der Waals surface area contributed by atoms with Gasteiger partial charge in [0.05, 0.1) is 46.1 Å². The smallest absolute Gasteiger partial charge is 0.416 e. The number of rotatable bonds is 7. The number of nitrogens with zero attached hydrogens (tertiary/aromatic N) is 3. The summed E-state index contributed by atoms with van der Waals surface area (Å²) < 4.78 is 70.5. The van der Waals surface area contributed by atoms with Crippen LogP contribution in [0.15, 0.2) is 36.4 Å². The second-order valence-electron chi connectivity index (χ2n) is 11.1. The molecule has 228 valence electrons. The van der Waals surface area contributed by atoms with Crippen molar-refractivity contribution < 1.29 is 36.6 Å². The molecule has 2 aromatic rings. The quantitative estimate of drug-likeness (QED) is 0.353. The SMILES string of the molecule is COc1cc(C(=O)N2CCN(CC#CCN3CCOCC3(C)C)C[C@H]2Cc2ccc(F)c(OC)c2)cc(C(F)(F)F)c1. The zero-order valence-electron chi connectivity index (χ0n) is 24.4. The van der Waals surface area contributed by atoms with Gasteiger partial charge >= 0.3 is 6.18 Å². The average molecular weight is 592 g/mol. The molecule has 1 amide bonds. The number of halogens is 4. The van der Waals surface area contributed by atoms with Crippen molar-refractivity contribution in [3.63, 3.8) is 0 Å². The third-order valence-corrected chi connectivity index (χ3v) is 7.75. The van der Waals surface area contributed by atoms with Crippen LogP contribution in [0.3, 0.4) is 0 Å². The zero-order valence-corrected chi connectivity index (χ0v) is 24.4. The lowest BCUT2D eigenvalue weighted by molar-refractivity contribution is -0.137. The minimum absolute atomic E-state index is 0.0506. The van der Waals surface area contributed by atoms with E-state index in [1.165, 1.54) is 26.4 Å². The average Bonchev–Trinajstić information content (AvgIpc) is 2.96. The summed E-state index contributed by atoms with van der Waals surface area (Å²) in [6, 6.07) is 7.14. The molecule has 0 aliphatic carbocycles. The first-order valence-electron chi connectivity index (χ1n) is 13.8. The first kappa shape index (κ1) is 31.6. The van der Waals surface area contributed by atoms with Crippen LogP contribution >= 0.6 is 0 Å². The molecule has 11 heteroatoms. The number of morpholine rings is 1. The van der Waals surface area contributed by atoms with Gasteiger partial charge < -0.3 is 19.1 Å². The van der Waals surface area contributed by atoms with Gasteiger partial charge in [0.25, 0.3) is 5.91 Å². The molecule has 2 heterocycles. The molecular formula is C31H37F4N3O4. The molecule has 2 aromatic carbocycles.